The van der Waals surface area contributed by atoms with Crippen LogP contribution in [0.3, 0.4) is 0 Å². The van der Waals surface area contributed by atoms with Crippen LogP contribution >= 0.6 is 0 Å². The van der Waals surface area contributed by atoms with Crippen molar-refractivity contribution in [3.63, 3.8) is 0 Å². The van der Waals surface area contributed by atoms with E-state index in [-0.39, 0.29) is 6.10 Å². The molecule has 162 valence electrons. The van der Waals surface area contributed by atoms with Crippen LogP contribution in [0.4, 0.5) is 11.5 Å². The number of nitrogens with one attached hydrogen (secondary N) is 1. The van der Waals surface area contributed by atoms with Crippen LogP contribution in [-0.2, 0) is 0 Å². The summed E-state index contributed by atoms with van der Waals surface area (Å²) in [5.74, 6) is 1.57. The number of methoxy groups -OCH3 is 1. The number of primary amides is 1. The van der Waals surface area contributed by atoms with E-state index in [4.69, 9.17) is 25.2 Å². The lowest BCUT2D eigenvalue weighted by atomic mass is 10.1. The number of ether oxygens (including phenoxy) is 2. The lowest BCUT2D eigenvalue weighted by Gasteiger charge is -2.17. The van der Waals surface area contributed by atoms with Crippen molar-refractivity contribution < 1.29 is 14.3 Å². The Bertz CT molecular complexity index is 1280. The fourth-order valence-corrected chi connectivity index (χ4v) is 3.30. The minimum absolute atomic E-state index is 0.0519. The van der Waals surface area contributed by atoms with Crippen LogP contribution in [0, 0.1) is 0 Å². The van der Waals surface area contributed by atoms with Gasteiger partial charge in [-0.15, -0.1) is 0 Å². The molecule has 0 aliphatic carbocycles. The van der Waals surface area contributed by atoms with E-state index in [0.29, 0.717) is 45.3 Å². The van der Waals surface area contributed by atoms with E-state index in [1.165, 1.54) is 0 Å². The van der Waals surface area contributed by atoms with Gasteiger partial charge >= 0.3 is 0 Å². The van der Waals surface area contributed by atoms with Gasteiger partial charge in [-0.2, -0.15) is 0 Å². The van der Waals surface area contributed by atoms with Crippen molar-refractivity contribution >= 4 is 28.3 Å². The fourth-order valence-electron chi connectivity index (χ4n) is 3.30. The average molecular weight is 429 g/mol. The summed E-state index contributed by atoms with van der Waals surface area (Å²) in [6.45, 7) is 3.88. The quantitative estimate of drug-likeness (QED) is 0.450. The Morgan fingerprint density at radius 1 is 1.06 bits per heavy atom. The first-order valence-electron chi connectivity index (χ1n) is 10.1. The van der Waals surface area contributed by atoms with Crippen molar-refractivity contribution in [3.05, 3.63) is 66.5 Å². The highest BCUT2D eigenvalue weighted by molar-refractivity contribution is 6.01. The van der Waals surface area contributed by atoms with E-state index in [2.05, 4.69) is 10.3 Å². The zero-order chi connectivity index (χ0) is 22.7. The molecule has 8 heteroatoms. The number of aromatic nitrogens is 3. The Labute approximate surface area is 185 Å². The smallest absolute Gasteiger partial charge is 0.250 e. The number of carbonyl (C=O) groups is 1. The highest BCUT2D eigenvalue weighted by Crippen LogP contribution is 2.37. The molecule has 0 fully saturated rings. The van der Waals surface area contributed by atoms with E-state index in [0.717, 1.165) is 5.56 Å². The van der Waals surface area contributed by atoms with Crippen molar-refractivity contribution in [2.24, 2.45) is 5.73 Å². The Kier molecular flexibility index (Phi) is 5.85. The largest absolute Gasteiger partial charge is 0.493 e. The maximum absolute atomic E-state index is 11.9. The highest BCUT2D eigenvalue weighted by atomic mass is 16.5. The van der Waals surface area contributed by atoms with Crippen LogP contribution in [0.25, 0.3) is 22.3 Å². The van der Waals surface area contributed by atoms with Crippen molar-refractivity contribution in [3.8, 4) is 22.9 Å². The number of pyridine rings is 1. The minimum Gasteiger partial charge on any atom is -0.493 e. The molecule has 0 bridgehead atoms. The summed E-state index contributed by atoms with van der Waals surface area (Å²) in [5, 5.41) is 3.96. The van der Waals surface area contributed by atoms with Crippen LogP contribution < -0.4 is 20.5 Å². The van der Waals surface area contributed by atoms with Gasteiger partial charge < -0.3 is 20.5 Å². The predicted molar refractivity (Wildman–Crippen MR) is 123 cm³/mol. The van der Waals surface area contributed by atoms with Crippen LogP contribution in [0.1, 0.15) is 24.2 Å². The first kappa shape index (κ1) is 21.0. The number of anilines is 2. The van der Waals surface area contributed by atoms with Gasteiger partial charge in [0, 0.05) is 29.4 Å². The van der Waals surface area contributed by atoms with Gasteiger partial charge in [-0.3, -0.25) is 9.78 Å². The molecule has 0 aliphatic rings. The third-order valence-electron chi connectivity index (χ3n) is 4.71. The van der Waals surface area contributed by atoms with Gasteiger partial charge in [-0.25, -0.2) is 9.97 Å². The van der Waals surface area contributed by atoms with Crippen LogP contribution in [0.2, 0.25) is 0 Å². The molecule has 0 unspecified atom stereocenters. The number of amides is 1. The number of para-hydroxylation sites is 1. The Balaban J connectivity index is 1.94. The van der Waals surface area contributed by atoms with E-state index in [1.54, 1.807) is 43.8 Å². The molecular formula is C24H23N5O3. The van der Waals surface area contributed by atoms with Gasteiger partial charge in [0.25, 0.3) is 5.91 Å². The first-order chi connectivity index (χ1) is 15.5. The van der Waals surface area contributed by atoms with E-state index in [9.17, 15) is 4.79 Å². The normalized spacial score (nSPS) is 10.9. The monoisotopic (exact) mass is 429 g/mol. The minimum atomic E-state index is -0.538. The standard InChI is InChI=1S/C24H23N5O3/c1-14(2)32-21-11-17-19(12-20(21)31-3)28-23(15-7-6-10-26-13-15)29-24(17)27-18-9-5-4-8-16(18)22(25)30/h4-14H,1-3H3,(H2,25,30)(H,27,28,29). The molecule has 0 spiro atoms. The summed E-state index contributed by atoms with van der Waals surface area (Å²) in [4.78, 5) is 25.5. The molecule has 1 amide bonds. The van der Waals surface area contributed by atoms with Gasteiger partial charge in [0.05, 0.1) is 30.0 Å². The van der Waals surface area contributed by atoms with E-state index in [1.807, 2.05) is 38.1 Å². The van der Waals surface area contributed by atoms with Crippen LogP contribution in [0.15, 0.2) is 60.9 Å². The van der Waals surface area contributed by atoms with Crippen molar-refractivity contribution in [1.82, 2.24) is 15.0 Å². The number of nitrogens with zero attached hydrogens (tertiary/aromatic N) is 3. The molecule has 0 radical (unpaired) electrons. The number of hydrogen-bond donors (Lipinski definition) is 2. The molecule has 2 aromatic carbocycles. The van der Waals surface area contributed by atoms with Gasteiger partial charge in [0.2, 0.25) is 0 Å². The third kappa shape index (κ3) is 4.29. The van der Waals surface area contributed by atoms with Crippen LogP contribution in [0.5, 0.6) is 11.5 Å². The number of nitrogens with two attached hydrogens (primary N) is 1. The maximum Gasteiger partial charge on any atom is 0.250 e. The summed E-state index contributed by atoms with van der Waals surface area (Å²) in [5.41, 5.74) is 7.86. The number of hydrogen-bond acceptors (Lipinski definition) is 7. The lowest BCUT2D eigenvalue weighted by molar-refractivity contribution is 0.100. The summed E-state index contributed by atoms with van der Waals surface area (Å²) >= 11 is 0. The molecule has 4 rings (SSSR count). The predicted octanol–water partition coefficient (Wildman–Crippen LogP) is 4.33. The zero-order valence-corrected chi connectivity index (χ0v) is 18.0. The fraction of sp³-hybridized carbons (Fsp3) is 0.167. The first-order valence-corrected chi connectivity index (χ1v) is 10.1. The highest BCUT2D eigenvalue weighted by Gasteiger charge is 2.17. The second-order valence-corrected chi connectivity index (χ2v) is 7.36. The van der Waals surface area contributed by atoms with Crippen molar-refractivity contribution in [2.45, 2.75) is 20.0 Å². The molecular weight excluding hydrogens is 406 g/mol. The van der Waals surface area contributed by atoms with Gasteiger partial charge in [0.1, 0.15) is 5.82 Å². The zero-order valence-electron chi connectivity index (χ0n) is 18.0. The maximum atomic E-state index is 11.9. The second-order valence-electron chi connectivity index (χ2n) is 7.36. The molecule has 32 heavy (non-hydrogen) atoms. The molecule has 0 aliphatic heterocycles. The Hall–Kier alpha value is -4.20. The molecule has 0 saturated heterocycles. The molecule has 0 saturated carbocycles. The van der Waals surface area contributed by atoms with Crippen molar-refractivity contribution in [2.75, 3.05) is 12.4 Å². The van der Waals surface area contributed by atoms with Gasteiger partial charge in [-0.05, 0) is 44.2 Å². The molecule has 2 aromatic heterocycles. The van der Waals surface area contributed by atoms with Gasteiger partial charge in [0.15, 0.2) is 17.3 Å². The van der Waals surface area contributed by atoms with E-state index < -0.39 is 5.91 Å². The number of benzene rings is 2. The summed E-state index contributed by atoms with van der Waals surface area (Å²) < 4.78 is 11.5. The van der Waals surface area contributed by atoms with Gasteiger partial charge in [-0.1, -0.05) is 12.1 Å². The summed E-state index contributed by atoms with van der Waals surface area (Å²) in [6, 6.07) is 14.3. The molecule has 2 heterocycles. The molecule has 0 atom stereocenters. The topological polar surface area (TPSA) is 112 Å². The average Bonchev–Trinajstić information content (AvgIpc) is 2.79. The summed E-state index contributed by atoms with van der Waals surface area (Å²) in [7, 11) is 1.58. The Morgan fingerprint density at radius 2 is 1.88 bits per heavy atom. The number of carbonyl (C=O) groups excluding carboxylic acids is 1. The second kappa shape index (κ2) is 8.89. The van der Waals surface area contributed by atoms with Crippen LogP contribution in [-0.4, -0.2) is 34.1 Å². The summed E-state index contributed by atoms with van der Waals surface area (Å²) in [6.07, 6.45) is 3.32. The lowest BCUT2D eigenvalue weighted by Crippen LogP contribution is -2.13. The SMILES string of the molecule is COc1cc2nc(-c3cccnc3)nc(Nc3ccccc3C(N)=O)c2cc1OC(C)C. The number of rotatable bonds is 7. The number of fused-ring (bicyclic) bond motifs is 1. The molecule has 4 aromatic rings. The van der Waals surface area contributed by atoms with E-state index >= 15 is 0 Å². The molecule has 8 nitrogen and oxygen atoms in total. The molecule has 3 N–H and O–H groups in total. The Morgan fingerprint density at radius 3 is 2.56 bits per heavy atom. The third-order valence-corrected chi connectivity index (χ3v) is 4.71. The van der Waals surface area contributed by atoms with Crippen molar-refractivity contribution in [1.29, 1.82) is 0 Å².